The molecule has 1 fully saturated rings. The number of halogens is 3. The normalized spacial score (nSPS) is 21.5. The predicted molar refractivity (Wildman–Crippen MR) is 102 cm³/mol. The molecule has 1 heterocycles. The monoisotopic (exact) mass is 408 g/mol. The Balaban J connectivity index is 2.08. The lowest BCUT2D eigenvalue weighted by atomic mass is 9.74. The second-order valence-corrected chi connectivity index (χ2v) is 7.31. The summed E-state index contributed by atoms with van der Waals surface area (Å²) >= 11 is 0. The van der Waals surface area contributed by atoms with E-state index in [9.17, 15) is 23.1 Å². The zero-order valence-electron chi connectivity index (χ0n) is 15.9. The van der Waals surface area contributed by atoms with Gasteiger partial charge in [0.2, 0.25) is 0 Å². The van der Waals surface area contributed by atoms with E-state index in [2.05, 4.69) is 10.1 Å². The van der Waals surface area contributed by atoms with Crippen molar-refractivity contribution in [2.45, 2.75) is 24.7 Å². The Morgan fingerprint density at radius 1 is 1.21 bits per heavy atom. The zero-order chi connectivity index (χ0) is 21.1. The maximum absolute atomic E-state index is 12.7. The van der Waals surface area contributed by atoms with E-state index < -0.39 is 17.9 Å². The van der Waals surface area contributed by atoms with Crippen LogP contribution in [0.1, 0.15) is 24.0 Å². The van der Waals surface area contributed by atoms with Gasteiger partial charge in [0.1, 0.15) is 5.75 Å². The molecule has 1 aliphatic heterocycles. The van der Waals surface area contributed by atoms with E-state index >= 15 is 0 Å². The number of carboxylic acid groups (broad SMARTS) is 1. The molecule has 2 atom stereocenters. The number of ether oxygens (including phenoxy) is 1. The molecule has 8 heteroatoms. The highest BCUT2D eigenvalue weighted by atomic mass is 19.4. The van der Waals surface area contributed by atoms with Crippen molar-refractivity contribution in [1.82, 2.24) is 10.2 Å². The summed E-state index contributed by atoms with van der Waals surface area (Å²) in [6.07, 6.45) is -4.79. The highest BCUT2D eigenvalue weighted by Gasteiger charge is 2.44. The van der Waals surface area contributed by atoms with Gasteiger partial charge in [0, 0.05) is 31.1 Å². The molecule has 2 aromatic rings. The van der Waals surface area contributed by atoms with Crippen molar-refractivity contribution in [3.63, 3.8) is 0 Å². The van der Waals surface area contributed by atoms with E-state index in [1.807, 2.05) is 42.2 Å². The zero-order valence-corrected chi connectivity index (χ0v) is 15.9. The van der Waals surface area contributed by atoms with Crippen molar-refractivity contribution >= 4 is 5.97 Å². The number of benzene rings is 2. The third kappa shape index (κ3) is 5.07. The molecule has 156 valence electrons. The van der Waals surface area contributed by atoms with Gasteiger partial charge in [0.15, 0.2) is 0 Å². The third-order valence-electron chi connectivity index (χ3n) is 5.27. The molecule has 1 saturated heterocycles. The first-order chi connectivity index (χ1) is 13.7. The fraction of sp³-hybridized carbons (Fsp3) is 0.381. The molecule has 0 radical (unpaired) electrons. The Bertz CT molecular complexity index is 845. The van der Waals surface area contributed by atoms with Crippen LogP contribution in [-0.2, 0) is 4.79 Å². The summed E-state index contributed by atoms with van der Waals surface area (Å²) in [5.41, 5.74) is 0.840. The maximum Gasteiger partial charge on any atom is 0.573 e. The standard InChI is InChI=1S/C21H23F3N2O3/c1-20(14-25-10-11-26(20)13-18(27)28)19(15-6-3-2-4-7-15)16-8-5-9-17(12-16)29-21(22,23)24/h2-9,12,19,25H,10-11,13-14H2,1H3,(H,27,28)/t19-,20+/m1/s1. The minimum absolute atomic E-state index is 0.153. The number of rotatable bonds is 6. The van der Waals surface area contributed by atoms with Crippen molar-refractivity contribution in [3.05, 3.63) is 65.7 Å². The number of piperazine rings is 1. The average Bonchev–Trinajstić information content (AvgIpc) is 2.63. The van der Waals surface area contributed by atoms with Gasteiger partial charge in [-0.2, -0.15) is 0 Å². The smallest absolute Gasteiger partial charge is 0.480 e. The Morgan fingerprint density at radius 2 is 1.90 bits per heavy atom. The van der Waals surface area contributed by atoms with E-state index in [1.54, 1.807) is 6.07 Å². The van der Waals surface area contributed by atoms with Gasteiger partial charge in [-0.25, -0.2) is 0 Å². The molecule has 0 aromatic heterocycles. The molecular weight excluding hydrogens is 385 g/mol. The van der Waals surface area contributed by atoms with Crippen LogP contribution in [0.2, 0.25) is 0 Å². The van der Waals surface area contributed by atoms with E-state index in [0.29, 0.717) is 25.2 Å². The van der Waals surface area contributed by atoms with Gasteiger partial charge in [-0.3, -0.25) is 9.69 Å². The predicted octanol–water partition coefficient (Wildman–Crippen LogP) is 3.47. The van der Waals surface area contributed by atoms with Crippen molar-refractivity contribution in [3.8, 4) is 5.75 Å². The first-order valence-corrected chi connectivity index (χ1v) is 9.27. The molecule has 3 rings (SSSR count). The fourth-order valence-electron chi connectivity index (χ4n) is 4.08. The summed E-state index contributed by atoms with van der Waals surface area (Å²) in [6, 6.07) is 15.3. The minimum atomic E-state index is -4.79. The van der Waals surface area contributed by atoms with Crippen molar-refractivity contribution in [2.75, 3.05) is 26.2 Å². The lowest BCUT2D eigenvalue weighted by Crippen LogP contribution is -2.63. The van der Waals surface area contributed by atoms with Crippen LogP contribution in [0.25, 0.3) is 0 Å². The Hall–Kier alpha value is -2.58. The summed E-state index contributed by atoms with van der Waals surface area (Å²) < 4.78 is 42.3. The van der Waals surface area contributed by atoms with Crippen LogP contribution in [0.15, 0.2) is 54.6 Å². The van der Waals surface area contributed by atoms with E-state index in [4.69, 9.17) is 0 Å². The van der Waals surface area contributed by atoms with Crippen LogP contribution >= 0.6 is 0 Å². The van der Waals surface area contributed by atoms with Crippen LogP contribution in [0.5, 0.6) is 5.75 Å². The first-order valence-electron chi connectivity index (χ1n) is 9.27. The summed E-state index contributed by atoms with van der Waals surface area (Å²) in [5, 5.41) is 12.7. The van der Waals surface area contributed by atoms with Crippen LogP contribution in [-0.4, -0.2) is 54.1 Å². The number of carboxylic acids is 1. The third-order valence-corrected chi connectivity index (χ3v) is 5.27. The second-order valence-electron chi connectivity index (χ2n) is 7.31. The largest absolute Gasteiger partial charge is 0.573 e. The highest BCUT2D eigenvalue weighted by Crippen LogP contribution is 2.41. The second kappa shape index (κ2) is 8.42. The highest BCUT2D eigenvalue weighted by molar-refractivity contribution is 5.69. The van der Waals surface area contributed by atoms with Gasteiger partial charge in [-0.05, 0) is 30.2 Å². The number of nitrogens with one attached hydrogen (secondary N) is 1. The van der Waals surface area contributed by atoms with Gasteiger partial charge in [-0.15, -0.1) is 13.2 Å². The summed E-state index contributed by atoms with van der Waals surface area (Å²) in [4.78, 5) is 13.3. The maximum atomic E-state index is 12.7. The average molecular weight is 408 g/mol. The Kier molecular flexibility index (Phi) is 6.14. The molecular formula is C21H23F3N2O3. The summed E-state index contributed by atoms with van der Waals surface area (Å²) in [6.45, 7) is 3.44. The Morgan fingerprint density at radius 3 is 2.55 bits per heavy atom. The molecule has 0 unspecified atom stereocenters. The molecule has 0 bridgehead atoms. The molecule has 0 saturated carbocycles. The quantitative estimate of drug-likeness (QED) is 0.767. The lowest BCUT2D eigenvalue weighted by Gasteiger charge is -2.49. The molecule has 0 aliphatic carbocycles. The minimum Gasteiger partial charge on any atom is -0.480 e. The molecule has 29 heavy (non-hydrogen) atoms. The molecule has 2 aromatic carbocycles. The molecule has 1 aliphatic rings. The van der Waals surface area contributed by atoms with Gasteiger partial charge in [0.25, 0.3) is 0 Å². The van der Waals surface area contributed by atoms with Crippen LogP contribution in [0.3, 0.4) is 0 Å². The Labute approximate surface area is 167 Å². The number of carbonyl (C=O) groups is 1. The molecule has 2 N–H and O–H groups in total. The number of hydrogen-bond acceptors (Lipinski definition) is 4. The lowest BCUT2D eigenvalue weighted by molar-refractivity contribution is -0.274. The number of nitrogens with zero attached hydrogens (tertiary/aromatic N) is 1. The van der Waals surface area contributed by atoms with Crippen molar-refractivity contribution in [1.29, 1.82) is 0 Å². The van der Waals surface area contributed by atoms with Gasteiger partial charge in [-0.1, -0.05) is 42.5 Å². The SMILES string of the molecule is C[C@@]1([C@H](c2ccccc2)c2cccc(OC(F)(F)F)c2)CNCCN1CC(=O)O. The summed E-state index contributed by atoms with van der Waals surface area (Å²) in [5.74, 6) is -1.61. The summed E-state index contributed by atoms with van der Waals surface area (Å²) in [7, 11) is 0. The fourth-order valence-corrected chi connectivity index (χ4v) is 4.08. The topological polar surface area (TPSA) is 61.8 Å². The van der Waals surface area contributed by atoms with Gasteiger partial charge < -0.3 is 15.2 Å². The number of hydrogen-bond donors (Lipinski definition) is 2. The molecule has 0 spiro atoms. The first kappa shape index (κ1) is 21.1. The van der Waals surface area contributed by atoms with Crippen molar-refractivity contribution < 1.29 is 27.8 Å². The number of alkyl halides is 3. The van der Waals surface area contributed by atoms with Gasteiger partial charge in [0.05, 0.1) is 6.54 Å². The van der Waals surface area contributed by atoms with E-state index in [0.717, 1.165) is 5.56 Å². The van der Waals surface area contributed by atoms with Crippen LogP contribution in [0.4, 0.5) is 13.2 Å². The van der Waals surface area contributed by atoms with E-state index in [-0.39, 0.29) is 18.2 Å². The van der Waals surface area contributed by atoms with Crippen molar-refractivity contribution in [2.24, 2.45) is 0 Å². The molecule has 5 nitrogen and oxygen atoms in total. The molecule has 0 amide bonds. The number of aliphatic carboxylic acids is 1. The van der Waals surface area contributed by atoms with Crippen LogP contribution < -0.4 is 10.1 Å². The van der Waals surface area contributed by atoms with Crippen LogP contribution in [0, 0.1) is 0 Å². The van der Waals surface area contributed by atoms with E-state index in [1.165, 1.54) is 18.2 Å². The van der Waals surface area contributed by atoms with Gasteiger partial charge >= 0.3 is 12.3 Å².